The molecule has 2 aromatic carbocycles. The van der Waals surface area contributed by atoms with Crippen LogP contribution in [0.25, 0.3) is 33.3 Å². The number of para-hydroxylation sites is 1. The molecule has 5 aromatic rings. The number of hydrogen-bond acceptors (Lipinski definition) is 3. The molecule has 3 aromatic heterocycles. The topological polar surface area (TPSA) is 35.6 Å². The molecule has 0 saturated carbocycles. The van der Waals surface area contributed by atoms with Gasteiger partial charge in [0, 0.05) is 29.5 Å². The van der Waals surface area contributed by atoms with E-state index in [-0.39, 0.29) is 0 Å². The summed E-state index contributed by atoms with van der Waals surface area (Å²) >= 11 is 0.346. The molecule has 0 spiro atoms. The Morgan fingerprint density at radius 3 is 2.48 bits per heavy atom. The maximum atomic E-state index is 13.7. The lowest BCUT2D eigenvalue weighted by molar-refractivity contribution is 0.710. The molecule has 144 valence electrons. The van der Waals surface area contributed by atoms with E-state index < -0.39 is 4.75 Å². The zero-order valence-electron chi connectivity index (χ0n) is 16.1. The van der Waals surface area contributed by atoms with Crippen LogP contribution in [0.3, 0.4) is 0 Å². The van der Waals surface area contributed by atoms with Gasteiger partial charge in [-0.25, -0.2) is 14.3 Å². The molecule has 0 saturated heterocycles. The van der Waals surface area contributed by atoms with Crippen LogP contribution in [0, 0.1) is 0 Å². The Kier molecular flexibility index (Phi) is 4.17. The molecule has 0 unspecified atom stereocenters. The fraction of sp³-hybridized carbons (Fsp3) is 0.130. The van der Waals surface area contributed by atoms with Gasteiger partial charge in [-0.05, 0) is 37.6 Å². The number of pyridine rings is 1. The predicted octanol–water partition coefficient (Wildman–Crippen LogP) is 6.22. The van der Waals surface area contributed by atoms with E-state index in [0.29, 0.717) is 12.1 Å². The van der Waals surface area contributed by atoms with Crippen LogP contribution < -0.4 is 0 Å². The van der Waals surface area contributed by atoms with Gasteiger partial charge in [-0.3, -0.25) is 4.98 Å². The fourth-order valence-electron chi connectivity index (χ4n) is 3.89. The van der Waals surface area contributed by atoms with E-state index in [1.54, 1.807) is 6.20 Å². The number of halogens is 1. The smallest absolute Gasteiger partial charge is 0.159 e. The third kappa shape index (κ3) is 2.75. The summed E-state index contributed by atoms with van der Waals surface area (Å²) in [7, 11) is 0. The summed E-state index contributed by atoms with van der Waals surface area (Å²) in [5, 5.41) is 1.08. The molecule has 4 nitrogen and oxygen atoms in total. The van der Waals surface area contributed by atoms with Crippen molar-refractivity contribution in [2.45, 2.75) is 18.6 Å². The average molecular weight is 402 g/mol. The molecule has 0 amide bonds. The third-order valence-electron chi connectivity index (χ3n) is 5.25. The molecule has 0 atom stereocenters. The summed E-state index contributed by atoms with van der Waals surface area (Å²) in [5.74, 6) is 0.759. The third-order valence-corrected chi connectivity index (χ3v) is 5.85. The number of imidazole rings is 1. The van der Waals surface area contributed by atoms with E-state index in [1.807, 2.05) is 73.4 Å². The lowest BCUT2D eigenvalue weighted by Gasteiger charge is -2.23. The molecule has 5 rings (SSSR count). The largest absolute Gasteiger partial charge is 0.254 e. The van der Waals surface area contributed by atoms with E-state index in [2.05, 4.69) is 32.8 Å². The second kappa shape index (κ2) is 6.74. The highest BCUT2D eigenvalue weighted by atomic mass is 32.2. The first kappa shape index (κ1) is 17.9. The van der Waals surface area contributed by atoms with Crippen molar-refractivity contribution in [2.24, 2.45) is 0 Å². The summed E-state index contributed by atoms with van der Waals surface area (Å²) in [6.45, 7) is 3.77. The van der Waals surface area contributed by atoms with E-state index in [0.717, 1.165) is 38.9 Å². The Labute approximate surface area is 172 Å². The second-order valence-electron chi connectivity index (χ2n) is 7.43. The quantitative estimate of drug-likeness (QED) is 0.358. The normalized spacial score (nSPS) is 12.1. The monoisotopic (exact) mass is 402 g/mol. The Morgan fingerprint density at radius 2 is 1.62 bits per heavy atom. The Hall–Kier alpha value is -3.12. The van der Waals surface area contributed by atoms with E-state index in [4.69, 9.17) is 0 Å². The van der Waals surface area contributed by atoms with Gasteiger partial charge in [0.1, 0.15) is 0 Å². The van der Waals surface area contributed by atoms with E-state index in [1.165, 1.54) is 0 Å². The van der Waals surface area contributed by atoms with Crippen LogP contribution in [0.4, 0.5) is 3.89 Å². The predicted molar refractivity (Wildman–Crippen MR) is 117 cm³/mol. The minimum absolute atomic E-state index is 0.346. The minimum Gasteiger partial charge on any atom is -0.254 e. The van der Waals surface area contributed by atoms with Crippen molar-refractivity contribution in [3.05, 3.63) is 84.8 Å². The zero-order chi connectivity index (χ0) is 20.0. The number of hydrogen-bond donors (Lipinski definition) is 0. The van der Waals surface area contributed by atoms with Gasteiger partial charge in [0.25, 0.3) is 0 Å². The molecule has 0 fully saturated rings. The van der Waals surface area contributed by atoms with Gasteiger partial charge < -0.3 is 0 Å². The molecule has 0 aliphatic heterocycles. The van der Waals surface area contributed by atoms with Crippen molar-refractivity contribution in [3.63, 3.8) is 0 Å². The zero-order valence-corrected chi connectivity index (χ0v) is 16.9. The summed E-state index contributed by atoms with van der Waals surface area (Å²) in [4.78, 5) is 9.26. The first-order valence-electron chi connectivity index (χ1n) is 9.39. The van der Waals surface area contributed by atoms with Crippen molar-refractivity contribution in [3.8, 4) is 11.4 Å². The number of nitrogens with zero attached hydrogens (tertiary/aromatic N) is 4. The maximum Gasteiger partial charge on any atom is 0.159 e. The summed E-state index contributed by atoms with van der Waals surface area (Å²) in [6.07, 6.45) is 5.52. The molecule has 0 bridgehead atoms. The highest BCUT2D eigenvalue weighted by Crippen LogP contribution is 2.41. The number of rotatable bonds is 4. The van der Waals surface area contributed by atoms with Gasteiger partial charge >= 0.3 is 0 Å². The number of aromatic nitrogens is 4. The summed E-state index contributed by atoms with van der Waals surface area (Å²) < 4.78 is 17.2. The van der Waals surface area contributed by atoms with Crippen molar-refractivity contribution in [2.75, 3.05) is 0 Å². The van der Waals surface area contributed by atoms with Gasteiger partial charge in [0.05, 0.1) is 33.4 Å². The van der Waals surface area contributed by atoms with Gasteiger partial charge in [-0.1, -0.05) is 42.5 Å². The summed E-state index contributed by atoms with van der Waals surface area (Å²) in [5.41, 5.74) is 4.78. The van der Waals surface area contributed by atoms with Crippen LogP contribution in [0.5, 0.6) is 0 Å². The van der Waals surface area contributed by atoms with Gasteiger partial charge in [-0.2, -0.15) is 3.89 Å². The second-order valence-corrected chi connectivity index (χ2v) is 8.60. The summed E-state index contributed by atoms with van der Waals surface area (Å²) in [6, 6.07) is 20.1. The van der Waals surface area contributed by atoms with Crippen molar-refractivity contribution < 1.29 is 3.89 Å². The molecular weight excluding hydrogens is 383 g/mol. The molecule has 29 heavy (non-hydrogen) atoms. The molecule has 3 heterocycles. The van der Waals surface area contributed by atoms with Crippen LogP contribution in [0.1, 0.15) is 19.4 Å². The van der Waals surface area contributed by atoms with Gasteiger partial charge in [0.15, 0.2) is 5.82 Å². The van der Waals surface area contributed by atoms with E-state index >= 15 is 0 Å². The van der Waals surface area contributed by atoms with Gasteiger partial charge in [-0.15, -0.1) is 0 Å². The Bertz CT molecular complexity index is 1280. The minimum atomic E-state index is -0.685. The lowest BCUT2D eigenvalue weighted by Crippen LogP contribution is -2.15. The first-order valence-corrected chi connectivity index (χ1v) is 10.1. The first-order chi connectivity index (χ1) is 14.1. The maximum absolute atomic E-state index is 13.7. The van der Waals surface area contributed by atoms with Crippen LogP contribution >= 0.6 is 12.1 Å². The fourth-order valence-corrected chi connectivity index (χ4v) is 4.15. The van der Waals surface area contributed by atoms with Crippen LogP contribution in [-0.2, 0) is 4.75 Å². The van der Waals surface area contributed by atoms with E-state index in [9.17, 15) is 3.89 Å². The Morgan fingerprint density at radius 1 is 0.862 bits per heavy atom. The highest BCUT2D eigenvalue weighted by Gasteiger charge is 2.27. The van der Waals surface area contributed by atoms with Crippen molar-refractivity contribution >= 4 is 34.1 Å². The molecule has 0 N–H and O–H groups in total. The molecule has 0 aliphatic carbocycles. The van der Waals surface area contributed by atoms with Crippen LogP contribution in [0.15, 0.2) is 79.3 Å². The molecule has 0 aliphatic rings. The standard InChI is InChI=1S/C23H19FN4S/c1-23(2,29-24)18-10-5-3-8-16(18)22-26-14-15-27(22)28-19-11-6-4-9-17(19)21-20(28)12-7-13-25-21/h3-15H,1-2H3. The molecule has 6 heteroatoms. The number of fused-ring (bicyclic) bond motifs is 3. The molecule has 0 radical (unpaired) electrons. The highest BCUT2D eigenvalue weighted by molar-refractivity contribution is 7.95. The SMILES string of the molecule is CC(C)(SF)c1ccccc1-c1nccn1-n1c2ccccc2c2ncccc21. The van der Waals surface area contributed by atoms with Crippen molar-refractivity contribution in [1.29, 1.82) is 0 Å². The van der Waals surface area contributed by atoms with Crippen LogP contribution in [-0.4, -0.2) is 19.3 Å². The molecular formula is C23H19FN4S. The average Bonchev–Trinajstić information content (AvgIpc) is 3.36. The lowest BCUT2D eigenvalue weighted by atomic mass is 9.96. The Balaban J connectivity index is 1.83. The van der Waals surface area contributed by atoms with Crippen molar-refractivity contribution in [1.82, 2.24) is 19.3 Å². The van der Waals surface area contributed by atoms with Crippen LogP contribution in [0.2, 0.25) is 0 Å². The van der Waals surface area contributed by atoms with Gasteiger partial charge in [0.2, 0.25) is 0 Å². The number of benzene rings is 2.